The maximum absolute atomic E-state index is 11.6. The highest BCUT2D eigenvalue weighted by atomic mass is 79.9. The van der Waals surface area contributed by atoms with Crippen molar-refractivity contribution in [1.29, 1.82) is 0 Å². The summed E-state index contributed by atoms with van der Waals surface area (Å²) in [7, 11) is 0. The zero-order chi connectivity index (χ0) is 19.1. The molecule has 2 atom stereocenters. The van der Waals surface area contributed by atoms with Crippen LogP contribution in [0.4, 0.5) is 5.69 Å². The number of fused-ring (bicyclic) bond motifs is 5. The van der Waals surface area contributed by atoms with E-state index in [0.717, 1.165) is 52.2 Å². The minimum Gasteiger partial charge on any atom is -0.455 e. The normalized spacial score (nSPS) is 20.7. The number of nitrogens with one attached hydrogen (secondary N) is 1. The van der Waals surface area contributed by atoms with Crippen molar-refractivity contribution in [3.63, 3.8) is 0 Å². The van der Waals surface area contributed by atoms with E-state index in [1.165, 1.54) is 0 Å². The van der Waals surface area contributed by atoms with Gasteiger partial charge in [-0.15, -0.1) is 0 Å². The molecule has 27 heavy (non-hydrogen) atoms. The Kier molecular flexibility index (Phi) is 5.05. The molecule has 2 aromatic carbocycles. The molecule has 2 N–H and O–H groups in total. The van der Waals surface area contributed by atoms with Gasteiger partial charge in [-0.05, 0) is 52.5 Å². The predicted octanol–water partition coefficient (Wildman–Crippen LogP) is 4.55. The highest BCUT2D eigenvalue weighted by Crippen LogP contribution is 2.50. The number of halogens is 2. The second-order valence-corrected chi connectivity index (χ2v) is 8.22. The summed E-state index contributed by atoms with van der Waals surface area (Å²) in [4.78, 5) is 13.9. The van der Waals surface area contributed by atoms with Gasteiger partial charge < -0.3 is 20.1 Å². The molecule has 0 radical (unpaired) electrons. The summed E-state index contributed by atoms with van der Waals surface area (Å²) in [5.74, 6) is 1.43. The van der Waals surface area contributed by atoms with Crippen LogP contribution in [0.1, 0.15) is 36.9 Å². The van der Waals surface area contributed by atoms with Gasteiger partial charge in [-0.3, -0.25) is 4.79 Å². The number of rotatable bonds is 2. The fraction of sp³-hybridized carbons (Fsp3) is 0.350. The number of ether oxygens (including phenoxy) is 1. The van der Waals surface area contributed by atoms with E-state index in [9.17, 15) is 9.90 Å². The summed E-state index contributed by atoms with van der Waals surface area (Å²) >= 11 is 9.85. The Bertz CT molecular complexity index is 905. The standard InChI is InChI=1S/C20H20BrClN2O3/c1-11(26)23-13-5-6-24-16-9-15(22)14(21)8-19(16)27-18-4-2-3-12(10-25)20(18)17(24)7-13/h2-4,8-9,13,17,25H,5-7,10H2,1H3,(H,23,26)/t13-,17-/m0/s1. The fourth-order valence-electron chi connectivity index (χ4n) is 4.08. The van der Waals surface area contributed by atoms with Crippen LogP contribution in [-0.2, 0) is 11.4 Å². The number of piperidine rings is 1. The Morgan fingerprint density at radius 1 is 1.41 bits per heavy atom. The molecule has 2 aromatic rings. The second kappa shape index (κ2) is 7.34. The molecule has 2 aliphatic rings. The zero-order valence-corrected chi connectivity index (χ0v) is 17.2. The molecule has 142 valence electrons. The summed E-state index contributed by atoms with van der Waals surface area (Å²) < 4.78 is 7.03. The maximum Gasteiger partial charge on any atom is 0.217 e. The Morgan fingerprint density at radius 2 is 2.22 bits per heavy atom. The van der Waals surface area contributed by atoms with Crippen LogP contribution in [0.2, 0.25) is 5.02 Å². The van der Waals surface area contributed by atoms with Gasteiger partial charge in [0.1, 0.15) is 5.75 Å². The first-order valence-corrected chi connectivity index (χ1v) is 10.1. The van der Waals surface area contributed by atoms with Crippen molar-refractivity contribution in [2.75, 3.05) is 11.4 Å². The van der Waals surface area contributed by atoms with Crippen LogP contribution in [0.3, 0.4) is 0 Å². The summed E-state index contributed by atoms with van der Waals surface area (Å²) in [6, 6.07) is 9.59. The van der Waals surface area contributed by atoms with Crippen molar-refractivity contribution in [2.24, 2.45) is 0 Å². The Balaban J connectivity index is 1.86. The lowest BCUT2D eigenvalue weighted by Crippen LogP contribution is -2.45. The van der Waals surface area contributed by atoms with Gasteiger partial charge in [-0.1, -0.05) is 23.7 Å². The topological polar surface area (TPSA) is 61.8 Å². The molecule has 0 unspecified atom stereocenters. The van der Waals surface area contributed by atoms with E-state index in [1.54, 1.807) is 6.92 Å². The van der Waals surface area contributed by atoms with Gasteiger partial charge >= 0.3 is 0 Å². The highest BCUT2D eigenvalue weighted by molar-refractivity contribution is 9.10. The number of nitrogens with zero attached hydrogens (tertiary/aromatic N) is 1. The smallest absolute Gasteiger partial charge is 0.217 e. The molecule has 0 saturated carbocycles. The van der Waals surface area contributed by atoms with E-state index in [1.807, 2.05) is 30.3 Å². The first kappa shape index (κ1) is 18.6. The number of aliphatic hydroxyl groups excluding tert-OH is 1. The second-order valence-electron chi connectivity index (χ2n) is 6.95. The molecule has 7 heteroatoms. The minimum absolute atomic E-state index is 0.0209. The van der Waals surface area contributed by atoms with Gasteiger partial charge in [0.15, 0.2) is 5.75 Å². The average molecular weight is 452 g/mol. The Morgan fingerprint density at radius 3 is 2.96 bits per heavy atom. The minimum atomic E-state index is -0.0670. The monoisotopic (exact) mass is 450 g/mol. The molecule has 0 spiro atoms. The van der Waals surface area contributed by atoms with Crippen molar-refractivity contribution in [1.82, 2.24) is 5.32 Å². The molecule has 0 bridgehead atoms. The molecule has 4 rings (SSSR count). The molecule has 2 heterocycles. The maximum atomic E-state index is 11.6. The first-order chi connectivity index (χ1) is 13.0. The number of aliphatic hydroxyl groups is 1. The van der Waals surface area contributed by atoms with Crippen molar-refractivity contribution in [2.45, 2.75) is 38.5 Å². The summed E-state index contributed by atoms with van der Waals surface area (Å²) in [6.07, 6.45) is 1.57. The van der Waals surface area contributed by atoms with E-state index in [2.05, 4.69) is 26.1 Å². The van der Waals surface area contributed by atoms with Gasteiger partial charge in [-0.25, -0.2) is 0 Å². The third-order valence-corrected chi connectivity index (χ3v) is 6.40. The lowest BCUT2D eigenvalue weighted by atomic mass is 9.88. The number of benzene rings is 2. The summed E-state index contributed by atoms with van der Waals surface area (Å²) in [5.41, 5.74) is 2.73. The molecule has 2 aliphatic heterocycles. The number of hydrogen-bond acceptors (Lipinski definition) is 4. The molecule has 1 amide bonds. The summed E-state index contributed by atoms with van der Waals surface area (Å²) in [6.45, 7) is 2.23. The summed E-state index contributed by atoms with van der Waals surface area (Å²) in [5, 5.41) is 13.6. The average Bonchev–Trinajstić information content (AvgIpc) is 2.76. The van der Waals surface area contributed by atoms with E-state index in [-0.39, 0.29) is 24.6 Å². The third kappa shape index (κ3) is 3.42. The van der Waals surface area contributed by atoms with E-state index in [4.69, 9.17) is 16.3 Å². The van der Waals surface area contributed by atoms with Crippen LogP contribution in [0, 0.1) is 0 Å². The van der Waals surface area contributed by atoms with Crippen LogP contribution in [0.5, 0.6) is 11.5 Å². The van der Waals surface area contributed by atoms with E-state index < -0.39 is 0 Å². The third-order valence-electron chi connectivity index (χ3n) is 5.20. The van der Waals surface area contributed by atoms with Gasteiger partial charge in [0.05, 0.1) is 23.4 Å². The highest BCUT2D eigenvalue weighted by Gasteiger charge is 2.37. The number of hydrogen-bond donors (Lipinski definition) is 2. The van der Waals surface area contributed by atoms with Crippen LogP contribution < -0.4 is 15.0 Å². The number of amides is 1. The van der Waals surface area contributed by atoms with Crippen LogP contribution in [0.25, 0.3) is 0 Å². The van der Waals surface area contributed by atoms with Crippen molar-refractivity contribution < 1.29 is 14.6 Å². The quantitative estimate of drug-likeness (QED) is 0.703. The molecule has 1 fully saturated rings. The van der Waals surface area contributed by atoms with E-state index in [0.29, 0.717) is 5.02 Å². The molecule has 5 nitrogen and oxygen atoms in total. The van der Waals surface area contributed by atoms with Gasteiger partial charge in [0.25, 0.3) is 0 Å². The zero-order valence-electron chi connectivity index (χ0n) is 14.8. The van der Waals surface area contributed by atoms with Crippen molar-refractivity contribution >= 4 is 39.1 Å². The molecular formula is C20H20BrClN2O3. The fourth-order valence-corrected chi connectivity index (χ4v) is 4.56. The number of carbonyl (C=O) groups is 1. The first-order valence-electron chi connectivity index (χ1n) is 8.91. The lowest BCUT2D eigenvalue weighted by molar-refractivity contribution is -0.119. The molecule has 0 aliphatic carbocycles. The largest absolute Gasteiger partial charge is 0.455 e. The molecule has 1 saturated heterocycles. The van der Waals surface area contributed by atoms with E-state index >= 15 is 0 Å². The van der Waals surface area contributed by atoms with Crippen molar-refractivity contribution in [3.8, 4) is 11.5 Å². The lowest BCUT2D eigenvalue weighted by Gasteiger charge is -2.41. The Labute approximate surface area is 171 Å². The molecule has 0 aromatic heterocycles. The van der Waals surface area contributed by atoms with Crippen molar-refractivity contribution in [3.05, 3.63) is 51.0 Å². The number of carbonyl (C=O) groups excluding carboxylic acids is 1. The van der Waals surface area contributed by atoms with Crippen LogP contribution >= 0.6 is 27.5 Å². The number of anilines is 1. The van der Waals surface area contributed by atoms with Gasteiger partial charge in [0, 0.05) is 29.5 Å². The SMILES string of the molecule is CC(=O)N[C@H]1CCN2c3cc(Cl)c(Br)cc3Oc3cccc(CO)c3[C@@H]2C1. The Hall–Kier alpha value is -1.76. The molecular weight excluding hydrogens is 432 g/mol. The van der Waals surface area contributed by atoms with Crippen LogP contribution in [-0.4, -0.2) is 23.6 Å². The van der Waals surface area contributed by atoms with Gasteiger partial charge in [-0.2, -0.15) is 0 Å². The van der Waals surface area contributed by atoms with Crippen LogP contribution in [0.15, 0.2) is 34.8 Å². The van der Waals surface area contributed by atoms with Gasteiger partial charge in [0.2, 0.25) is 5.91 Å². The predicted molar refractivity (Wildman–Crippen MR) is 109 cm³/mol.